The minimum atomic E-state index is -0.138. The van der Waals surface area contributed by atoms with Gasteiger partial charge >= 0.3 is 0 Å². The van der Waals surface area contributed by atoms with Gasteiger partial charge in [0.05, 0.1) is 20.2 Å². The summed E-state index contributed by atoms with van der Waals surface area (Å²) in [5.41, 5.74) is 6.97. The van der Waals surface area contributed by atoms with Gasteiger partial charge in [0.2, 0.25) is 0 Å². The Bertz CT molecular complexity index is 748. The molecule has 0 bridgehead atoms. The lowest BCUT2D eigenvalue weighted by molar-refractivity contribution is 0.0949. The maximum Gasteiger partial charge on any atom is 0.270 e. The van der Waals surface area contributed by atoms with Gasteiger partial charge in [0.25, 0.3) is 5.91 Å². The number of hydrogen-bond donors (Lipinski definition) is 2. The number of amides is 1. The van der Waals surface area contributed by atoms with Crippen molar-refractivity contribution in [1.29, 1.82) is 0 Å². The van der Waals surface area contributed by atoms with E-state index in [0.29, 0.717) is 25.2 Å². The van der Waals surface area contributed by atoms with Gasteiger partial charge in [-0.15, -0.1) is 22.7 Å². The van der Waals surface area contributed by atoms with E-state index in [4.69, 9.17) is 5.73 Å². The van der Waals surface area contributed by atoms with E-state index in [0.717, 1.165) is 22.0 Å². The molecule has 2 aromatic heterocycles. The Kier molecular flexibility index (Phi) is 4.77. The van der Waals surface area contributed by atoms with E-state index in [9.17, 15) is 4.79 Å². The quantitative estimate of drug-likeness (QED) is 0.725. The van der Waals surface area contributed by atoms with Crippen molar-refractivity contribution in [3.63, 3.8) is 0 Å². The fourth-order valence-electron chi connectivity index (χ4n) is 2.05. The molecule has 22 heavy (non-hydrogen) atoms. The molecule has 0 fully saturated rings. The number of aromatic nitrogens is 2. The number of benzene rings is 1. The van der Waals surface area contributed by atoms with E-state index in [2.05, 4.69) is 21.4 Å². The van der Waals surface area contributed by atoms with Crippen LogP contribution >= 0.6 is 22.7 Å². The first-order valence-corrected chi connectivity index (χ1v) is 8.73. The Morgan fingerprint density at radius 3 is 2.86 bits per heavy atom. The standard InChI is InChI=1S/C15H16N4OS2/c16-7-5-13-19-11(9-21-13)15(20)17-8-6-14-18-10-3-1-2-4-12(10)22-14/h1-4,9H,5-8,16H2,(H,17,20). The van der Waals surface area contributed by atoms with Crippen LogP contribution < -0.4 is 11.1 Å². The summed E-state index contributed by atoms with van der Waals surface area (Å²) in [7, 11) is 0. The SMILES string of the molecule is NCCc1nc(C(=O)NCCc2nc3ccccc3s2)cs1. The Labute approximate surface area is 136 Å². The van der Waals surface area contributed by atoms with Crippen LogP contribution in [0.3, 0.4) is 0 Å². The molecule has 114 valence electrons. The molecule has 1 aromatic carbocycles. The Hall–Kier alpha value is -1.83. The molecule has 2 heterocycles. The smallest absolute Gasteiger partial charge is 0.270 e. The lowest BCUT2D eigenvalue weighted by Gasteiger charge is -2.00. The highest BCUT2D eigenvalue weighted by Gasteiger charge is 2.10. The number of rotatable bonds is 6. The van der Waals surface area contributed by atoms with E-state index in [1.165, 1.54) is 16.0 Å². The average Bonchev–Trinajstić information content (AvgIpc) is 3.13. The first-order chi connectivity index (χ1) is 10.8. The maximum atomic E-state index is 12.0. The van der Waals surface area contributed by atoms with Crippen molar-refractivity contribution >= 4 is 38.8 Å². The van der Waals surface area contributed by atoms with Crippen molar-refractivity contribution in [2.24, 2.45) is 5.73 Å². The molecule has 7 heteroatoms. The highest BCUT2D eigenvalue weighted by molar-refractivity contribution is 7.18. The molecule has 0 radical (unpaired) electrons. The number of thiazole rings is 2. The normalized spacial score (nSPS) is 11.0. The van der Waals surface area contributed by atoms with E-state index in [1.54, 1.807) is 16.7 Å². The number of carbonyl (C=O) groups excluding carboxylic acids is 1. The second kappa shape index (κ2) is 6.95. The molecule has 1 amide bonds. The lowest BCUT2D eigenvalue weighted by atomic mass is 10.3. The Morgan fingerprint density at radius 1 is 1.18 bits per heavy atom. The topological polar surface area (TPSA) is 80.9 Å². The van der Waals surface area contributed by atoms with Gasteiger partial charge in [-0.2, -0.15) is 0 Å². The summed E-state index contributed by atoms with van der Waals surface area (Å²) >= 11 is 3.14. The summed E-state index contributed by atoms with van der Waals surface area (Å²) in [6.45, 7) is 1.11. The molecule has 3 rings (SSSR count). The maximum absolute atomic E-state index is 12.0. The van der Waals surface area contributed by atoms with E-state index in [1.807, 2.05) is 18.2 Å². The van der Waals surface area contributed by atoms with Crippen LogP contribution in [0.2, 0.25) is 0 Å². The van der Waals surface area contributed by atoms with Crippen LogP contribution in [0.15, 0.2) is 29.6 Å². The number of hydrogen-bond acceptors (Lipinski definition) is 6. The van der Waals surface area contributed by atoms with Crippen molar-refractivity contribution < 1.29 is 4.79 Å². The summed E-state index contributed by atoms with van der Waals surface area (Å²) < 4.78 is 1.18. The third-order valence-electron chi connectivity index (χ3n) is 3.11. The zero-order valence-corrected chi connectivity index (χ0v) is 13.5. The van der Waals surface area contributed by atoms with Crippen LogP contribution in [0.4, 0.5) is 0 Å². The molecule has 5 nitrogen and oxygen atoms in total. The van der Waals surface area contributed by atoms with Crippen molar-refractivity contribution in [3.8, 4) is 0 Å². The second-order valence-corrected chi connectivity index (χ2v) is 6.80. The van der Waals surface area contributed by atoms with E-state index >= 15 is 0 Å². The van der Waals surface area contributed by atoms with Crippen LogP contribution in [-0.4, -0.2) is 29.0 Å². The lowest BCUT2D eigenvalue weighted by Crippen LogP contribution is -2.26. The summed E-state index contributed by atoms with van der Waals surface area (Å²) in [5, 5.41) is 6.60. The van der Waals surface area contributed by atoms with Crippen molar-refractivity contribution in [3.05, 3.63) is 45.4 Å². The largest absolute Gasteiger partial charge is 0.350 e. The van der Waals surface area contributed by atoms with Crippen molar-refractivity contribution in [2.75, 3.05) is 13.1 Å². The third kappa shape index (κ3) is 3.49. The molecule has 3 aromatic rings. The summed E-state index contributed by atoms with van der Waals surface area (Å²) in [4.78, 5) is 20.8. The van der Waals surface area contributed by atoms with Crippen molar-refractivity contribution in [2.45, 2.75) is 12.8 Å². The van der Waals surface area contributed by atoms with Gasteiger partial charge in [-0.05, 0) is 18.7 Å². The number of para-hydroxylation sites is 1. The van der Waals surface area contributed by atoms with Crippen LogP contribution in [0.25, 0.3) is 10.2 Å². The first kappa shape index (κ1) is 15.1. The van der Waals surface area contributed by atoms with Gasteiger partial charge in [-0.25, -0.2) is 9.97 Å². The molecular formula is C15H16N4OS2. The molecule has 0 atom stereocenters. The first-order valence-electron chi connectivity index (χ1n) is 7.03. The highest BCUT2D eigenvalue weighted by atomic mass is 32.1. The van der Waals surface area contributed by atoms with Gasteiger partial charge in [0.15, 0.2) is 0 Å². The highest BCUT2D eigenvalue weighted by Crippen LogP contribution is 2.21. The monoisotopic (exact) mass is 332 g/mol. The van der Waals surface area contributed by atoms with E-state index < -0.39 is 0 Å². The number of carbonyl (C=O) groups is 1. The third-order valence-corrected chi connectivity index (χ3v) is 5.11. The number of nitrogens with zero attached hydrogens (tertiary/aromatic N) is 2. The zero-order chi connectivity index (χ0) is 15.4. The van der Waals surface area contributed by atoms with Crippen LogP contribution in [0, 0.1) is 0 Å². The molecule has 0 spiro atoms. The minimum Gasteiger partial charge on any atom is -0.350 e. The minimum absolute atomic E-state index is 0.138. The number of nitrogens with one attached hydrogen (secondary N) is 1. The Morgan fingerprint density at radius 2 is 2.05 bits per heavy atom. The fraction of sp³-hybridized carbons (Fsp3) is 0.267. The molecule has 0 aliphatic carbocycles. The molecule has 0 aliphatic heterocycles. The number of nitrogens with two attached hydrogens (primary N) is 1. The van der Waals surface area contributed by atoms with Crippen LogP contribution in [-0.2, 0) is 12.8 Å². The van der Waals surface area contributed by atoms with Gasteiger partial charge in [-0.1, -0.05) is 12.1 Å². The molecular weight excluding hydrogens is 316 g/mol. The van der Waals surface area contributed by atoms with Gasteiger partial charge in [0.1, 0.15) is 5.69 Å². The second-order valence-electron chi connectivity index (χ2n) is 4.75. The molecule has 0 aliphatic rings. The van der Waals surface area contributed by atoms with Crippen molar-refractivity contribution in [1.82, 2.24) is 15.3 Å². The predicted molar refractivity (Wildman–Crippen MR) is 90.5 cm³/mol. The van der Waals surface area contributed by atoms with E-state index in [-0.39, 0.29) is 5.91 Å². The van der Waals surface area contributed by atoms with Gasteiger partial charge < -0.3 is 11.1 Å². The number of fused-ring (bicyclic) bond motifs is 1. The van der Waals surface area contributed by atoms with Crippen LogP contribution in [0.5, 0.6) is 0 Å². The van der Waals surface area contributed by atoms with Gasteiger partial charge in [-0.3, -0.25) is 4.79 Å². The van der Waals surface area contributed by atoms with Gasteiger partial charge in [0, 0.05) is 24.8 Å². The van der Waals surface area contributed by atoms with Crippen LogP contribution in [0.1, 0.15) is 20.5 Å². The predicted octanol–water partition coefficient (Wildman–Crippen LogP) is 2.23. The summed E-state index contributed by atoms with van der Waals surface area (Å²) in [5.74, 6) is -0.138. The zero-order valence-electron chi connectivity index (χ0n) is 11.9. The average molecular weight is 332 g/mol. The Balaban J connectivity index is 1.54. The fourth-order valence-corrected chi connectivity index (χ4v) is 3.81. The molecule has 0 unspecified atom stereocenters. The molecule has 3 N–H and O–H groups in total. The summed E-state index contributed by atoms with van der Waals surface area (Å²) in [6.07, 6.45) is 1.44. The summed E-state index contributed by atoms with van der Waals surface area (Å²) in [6, 6.07) is 8.05. The molecule has 0 saturated carbocycles. The molecule has 0 saturated heterocycles.